The Morgan fingerprint density at radius 1 is 1.07 bits per heavy atom. The van der Waals surface area contributed by atoms with Crippen molar-refractivity contribution in [3.05, 3.63) is 57.2 Å². The zero-order chi connectivity index (χ0) is 19.9. The van der Waals surface area contributed by atoms with Crippen LogP contribution < -0.4 is 10.6 Å². The van der Waals surface area contributed by atoms with Crippen molar-refractivity contribution in [2.45, 2.75) is 12.6 Å². The lowest BCUT2D eigenvalue weighted by atomic mass is 10.1. The van der Waals surface area contributed by atoms with Crippen LogP contribution in [-0.4, -0.2) is 61.4 Å². The molecule has 0 aliphatic carbocycles. The number of nitrogens with one attached hydrogen (secondary N) is 2. The molecule has 28 heavy (non-hydrogen) atoms. The fraction of sp³-hybridized carbons (Fsp3) is 0.400. The van der Waals surface area contributed by atoms with Gasteiger partial charge >= 0.3 is 11.8 Å². The highest BCUT2D eigenvalue weighted by Gasteiger charge is 2.25. The third-order valence-electron chi connectivity index (χ3n) is 4.94. The largest absolute Gasteiger partial charge is 0.346 e. The number of thiophene rings is 1. The molecule has 1 atom stereocenters. The van der Waals surface area contributed by atoms with Crippen LogP contribution in [0.15, 0.2) is 41.1 Å². The summed E-state index contributed by atoms with van der Waals surface area (Å²) in [5.41, 5.74) is 2.07. The maximum Gasteiger partial charge on any atom is 0.309 e. The van der Waals surface area contributed by atoms with Crippen LogP contribution in [0.2, 0.25) is 5.02 Å². The number of carbonyl (C=O) groups excluding carboxylic acids is 2. The summed E-state index contributed by atoms with van der Waals surface area (Å²) in [6, 6.07) is 9.31. The van der Waals surface area contributed by atoms with Gasteiger partial charge in [0.15, 0.2) is 0 Å². The zero-order valence-electron chi connectivity index (χ0n) is 15.9. The monoisotopic (exact) mass is 420 g/mol. The Labute approximate surface area is 174 Å². The molecule has 0 radical (unpaired) electrons. The van der Waals surface area contributed by atoms with Crippen LogP contribution in [0.1, 0.15) is 17.2 Å². The second-order valence-electron chi connectivity index (χ2n) is 6.93. The topological polar surface area (TPSA) is 64.7 Å². The summed E-state index contributed by atoms with van der Waals surface area (Å²) < 4.78 is 0. The first kappa shape index (κ1) is 20.8. The summed E-state index contributed by atoms with van der Waals surface area (Å²) in [4.78, 5) is 29.1. The average Bonchev–Trinajstić information content (AvgIpc) is 3.23. The molecular weight excluding hydrogens is 396 g/mol. The maximum atomic E-state index is 12.3. The molecular formula is C20H25ClN4O2S. The van der Waals surface area contributed by atoms with Gasteiger partial charge < -0.3 is 15.5 Å². The molecule has 0 bridgehead atoms. The van der Waals surface area contributed by atoms with Crippen LogP contribution in [0.25, 0.3) is 0 Å². The van der Waals surface area contributed by atoms with Crippen molar-refractivity contribution in [3.63, 3.8) is 0 Å². The molecule has 1 saturated heterocycles. The molecule has 1 unspecified atom stereocenters. The van der Waals surface area contributed by atoms with Crippen LogP contribution in [0.3, 0.4) is 0 Å². The average molecular weight is 421 g/mol. The molecule has 2 N–H and O–H groups in total. The molecule has 3 rings (SSSR count). The summed E-state index contributed by atoms with van der Waals surface area (Å²) in [6.07, 6.45) is 0. The van der Waals surface area contributed by atoms with E-state index in [0.717, 1.165) is 31.7 Å². The van der Waals surface area contributed by atoms with Gasteiger partial charge in [-0.05, 0) is 47.1 Å². The molecule has 0 spiro atoms. The first-order valence-corrected chi connectivity index (χ1v) is 10.6. The SMILES string of the molecule is CN1CCN(C(CNC(=O)C(=O)NCc2ccc(Cl)cc2)c2ccsc2)CC1. The lowest BCUT2D eigenvalue weighted by Gasteiger charge is -2.37. The van der Waals surface area contributed by atoms with E-state index in [0.29, 0.717) is 11.6 Å². The van der Waals surface area contributed by atoms with Crippen molar-refractivity contribution in [1.29, 1.82) is 0 Å². The molecule has 6 nitrogen and oxygen atoms in total. The van der Waals surface area contributed by atoms with Crippen molar-refractivity contribution in [3.8, 4) is 0 Å². The predicted molar refractivity (Wildman–Crippen MR) is 112 cm³/mol. The lowest BCUT2D eigenvalue weighted by Crippen LogP contribution is -2.49. The molecule has 0 saturated carbocycles. The van der Waals surface area contributed by atoms with E-state index in [2.05, 4.69) is 38.9 Å². The van der Waals surface area contributed by atoms with E-state index in [1.165, 1.54) is 5.56 Å². The minimum absolute atomic E-state index is 0.0768. The van der Waals surface area contributed by atoms with Gasteiger partial charge in [-0.25, -0.2) is 0 Å². The van der Waals surface area contributed by atoms with E-state index in [1.807, 2.05) is 17.5 Å². The standard InChI is InChI=1S/C20H25ClN4O2S/c1-24-7-9-25(10-8-24)18(16-6-11-28-14-16)13-23-20(27)19(26)22-12-15-2-4-17(21)5-3-15/h2-6,11,14,18H,7-10,12-13H2,1H3,(H,22,26)(H,23,27). The third-order valence-corrected chi connectivity index (χ3v) is 5.89. The second-order valence-corrected chi connectivity index (χ2v) is 8.15. The quantitative estimate of drug-likeness (QED) is 0.702. The van der Waals surface area contributed by atoms with Gasteiger partial charge in [0.25, 0.3) is 0 Å². The molecule has 1 aromatic heterocycles. The Bertz CT molecular complexity index is 774. The van der Waals surface area contributed by atoms with Gasteiger partial charge in [0.1, 0.15) is 0 Å². The van der Waals surface area contributed by atoms with Gasteiger partial charge in [0, 0.05) is 44.3 Å². The Balaban J connectivity index is 1.52. The number of likely N-dealkylation sites (N-methyl/N-ethyl adjacent to an activating group) is 1. The van der Waals surface area contributed by atoms with Crippen LogP contribution in [0.5, 0.6) is 0 Å². The first-order chi connectivity index (χ1) is 13.5. The van der Waals surface area contributed by atoms with Crippen LogP contribution in [0.4, 0.5) is 0 Å². The molecule has 2 amide bonds. The second kappa shape index (κ2) is 10.0. The van der Waals surface area contributed by atoms with Gasteiger partial charge in [0.05, 0.1) is 6.04 Å². The smallest absolute Gasteiger partial charge is 0.309 e. The highest BCUT2D eigenvalue weighted by Crippen LogP contribution is 2.23. The summed E-state index contributed by atoms with van der Waals surface area (Å²) in [7, 11) is 2.11. The lowest BCUT2D eigenvalue weighted by molar-refractivity contribution is -0.139. The van der Waals surface area contributed by atoms with Gasteiger partial charge in [-0.2, -0.15) is 11.3 Å². The van der Waals surface area contributed by atoms with Gasteiger partial charge in [0.2, 0.25) is 0 Å². The van der Waals surface area contributed by atoms with Crippen LogP contribution in [-0.2, 0) is 16.1 Å². The normalized spacial score (nSPS) is 16.5. The van der Waals surface area contributed by atoms with Crippen LogP contribution >= 0.6 is 22.9 Å². The molecule has 2 heterocycles. The highest BCUT2D eigenvalue weighted by molar-refractivity contribution is 7.08. The summed E-state index contributed by atoms with van der Waals surface area (Å²) in [5.74, 6) is -1.24. The number of hydrogen-bond acceptors (Lipinski definition) is 5. The number of amides is 2. The molecule has 1 aromatic carbocycles. The summed E-state index contributed by atoms with van der Waals surface area (Å²) in [6.45, 7) is 4.57. The Morgan fingerprint density at radius 3 is 2.39 bits per heavy atom. The Hall–Kier alpha value is -1.93. The first-order valence-electron chi connectivity index (χ1n) is 9.28. The van der Waals surface area contributed by atoms with E-state index in [1.54, 1.807) is 23.5 Å². The Kier molecular flexibility index (Phi) is 7.44. The van der Waals surface area contributed by atoms with E-state index in [9.17, 15) is 9.59 Å². The van der Waals surface area contributed by atoms with Gasteiger partial charge in [-0.1, -0.05) is 23.7 Å². The number of carbonyl (C=O) groups is 2. The molecule has 1 aliphatic rings. The minimum Gasteiger partial charge on any atom is -0.346 e. The Morgan fingerprint density at radius 2 is 1.75 bits per heavy atom. The van der Waals surface area contributed by atoms with E-state index < -0.39 is 11.8 Å². The highest BCUT2D eigenvalue weighted by atomic mass is 35.5. The molecule has 8 heteroatoms. The number of nitrogens with zero attached hydrogens (tertiary/aromatic N) is 2. The molecule has 2 aromatic rings. The van der Waals surface area contributed by atoms with Crippen LogP contribution in [0, 0.1) is 0 Å². The molecule has 1 fully saturated rings. The van der Waals surface area contributed by atoms with Crippen molar-refractivity contribution in [2.24, 2.45) is 0 Å². The van der Waals surface area contributed by atoms with E-state index in [-0.39, 0.29) is 12.6 Å². The molecule has 150 valence electrons. The maximum absolute atomic E-state index is 12.3. The number of piperazine rings is 1. The van der Waals surface area contributed by atoms with Crippen molar-refractivity contribution in [1.82, 2.24) is 20.4 Å². The van der Waals surface area contributed by atoms with Crippen molar-refractivity contribution < 1.29 is 9.59 Å². The summed E-state index contributed by atoms with van der Waals surface area (Å²) >= 11 is 7.49. The predicted octanol–water partition coefficient (Wildman–Crippen LogP) is 2.12. The van der Waals surface area contributed by atoms with Crippen molar-refractivity contribution >= 4 is 34.8 Å². The van der Waals surface area contributed by atoms with Gasteiger partial charge in [-0.15, -0.1) is 0 Å². The fourth-order valence-corrected chi connectivity index (χ4v) is 4.02. The third kappa shape index (κ3) is 5.78. The zero-order valence-corrected chi connectivity index (χ0v) is 17.4. The minimum atomic E-state index is -0.627. The molecule has 1 aliphatic heterocycles. The number of rotatable bonds is 6. The van der Waals surface area contributed by atoms with E-state index >= 15 is 0 Å². The number of benzene rings is 1. The number of hydrogen-bond donors (Lipinski definition) is 2. The number of halogens is 1. The van der Waals surface area contributed by atoms with E-state index in [4.69, 9.17) is 11.6 Å². The van der Waals surface area contributed by atoms with Crippen molar-refractivity contribution in [2.75, 3.05) is 39.8 Å². The fourth-order valence-electron chi connectivity index (χ4n) is 3.19. The summed E-state index contributed by atoms with van der Waals surface area (Å²) in [5, 5.41) is 10.2. The van der Waals surface area contributed by atoms with Gasteiger partial charge in [-0.3, -0.25) is 14.5 Å².